The zero-order valence-corrected chi connectivity index (χ0v) is 19.0. The molecule has 33 heavy (non-hydrogen) atoms. The first kappa shape index (κ1) is 23.9. The van der Waals surface area contributed by atoms with E-state index in [4.69, 9.17) is 14.2 Å². The number of carbonyl (C=O) groups is 2. The third kappa shape index (κ3) is 7.38. The van der Waals surface area contributed by atoms with Crippen LogP contribution in [0.4, 0.5) is 0 Å². The van der Waals surface area contributed by atoms with Crippen molar-refractivity contribution in [2.45, 2.75) is 25.3 Å². The van der Waals surface area contributed by atoms with E-state index in [-0.39, 0.29) is 25.0 Å². The average Bonchev–Trinajstić information content (AvgIpc) is 2.86. The molecule has 0 saturated heterocycles. The molecule has 1 N–H and O–H groups in total. The van der Waals surface area contributed by atoms with Crippen LogP contribution in [0.25, 0.3) is 0 Å². The molecule has 6 nitrogen and oxygen atoms in total. The Morgan fingerprint density at radius 3 is 2.15 bits per heavy atom. The van der Waals surface area contributed by atoms with Crippen molar-refractivity contribution in [3.63, 3.8) is 0 Å². The molecule has 6 heteroatoms. The van der Waals surface area contributed by atoms with Gasteiger partial charge < -0.3 is 19.5 Å². The molecule has 1 unspecified atom stereocenters. The van der Waals surface area contributed by atoms with Crippen molar-refractivity contribution in [1.82, 2.24) is 5.32 Å². The average molecular weight is 448 g/mol. The SMILES string of the molecule is COc1ccc(CCC(=O)OCC(=O)NC(Cc2ccccc2)c2ccccc2)cc1OC. The normalized spacial score (nSPS) is 11.3. The molecular weight excluding hydrogens is 418 g/mol. The van der Waals surface area contributed by atoms with Crippen LogP contribution in [0.15, 0.2) is 78.9 Å². The Balaban J connectivity index is 1.51. The topological polar surface area (TPSA) is 73.9 Å². The minimum atomic E-state index is -0.431. The summed E-state index contributed by atoms with van der Waals surface area (Å²) in [6, 6.07) is 25.0. The van der Waals surface area contributed by atoms with E-state index in [2.05, 4.69) is 5.32 Å². The summed E-state index contributed by atoms with van der Waals surface area (Å²) in [6.45, 7) is -0.317. The number of amides is 1. The number of carbonyl (C=O) groups excluding carboxylic acids is 2. The van der Waals surface area contributed by atoms with Gasteiger partial charge in [0.05, 0.1) is 20.3 Å². The highest BCUT2D eigenvalue weighted by Crippen LogP contribution is 2.28. The highest BCUT2D eigenvalue weighted by atomic mass is 16.5. The lowest BCUT2D eigenvalue weighted by Crippen LogP contribution is -2.33. The van der Waals surface area contributed by atoms with Gasteiger partial charge in [-0.1, -0.05) is 66.7 Å². The zero-order valence-electron chi connectivity index (χ0n) is 19.0. The van der Waals surface area contributed by atoms with Gasteiger partial charge in [0, 0.05) is 6.42 Å². The first-order valence-electron chi connectivity index (χ1n) is 10.8. The molecule has 0 aliphatic rings. The molecule has 1 atom stereocenters. The van der Waals surface area contributed by atoms with Gasteiger partial charge >= 0.3 is 5.97 Å². The molecule has 3 aromatic rings. The molecule has 0 heterocycles. The van der Waals surface area contributed by atoms with Crippen LogP contribution in [0.5, 0.6) is 11.5 Å². The van der Waals surface area contributed by atoms with Crippen molar-refractivity contribution in [3.8, 4) is 11.5 Å². The van der Waals surface area contributed by atoms with Crippen molar-refractivity contribution in [1.29, 1.82) is 0 Å². The van der Waals surface area contributed by atoms with Crippen LogP contribution in [0.2, 0.25) is 0 Å². The highest BCUT2D eigenvalue weighted by Gasteiger charge is 2.17. The maximum Gasteiger partial charge on any atom is 0.306 e. The van der Waals surface area contributed by atoms with E-state index in [1.165, 1.54) is 0 Å². The Morgan fingerprint density at radius 2 is 1.48 bits per heavy atom. The highest BCUT2D eigenvalue weighted by molar-refractivity contribution is 5.81. The van der Waals surface area contributed by atoms with Gasteiger partial charge in [0.25, 0.3) is 5.91 Å². The van der Waals surface area contributed by atoms with Gasteiger partial charge in [0.1, 0.15) is 0 Å². The van der Waals surface area contributed by atoms with Crippen molar-refractivity contribution in [3.05, 3.63) is 95.6 Å². The summed E-state index contributed by atoms with van der Waals surface area (Å²) in [5.74, 6) is 0.468. The molecular formula is C27H29NO5. The van der Waals surface area contributed by atoms with Gasteiger partial charge in [-0.3, -0.25) is 9.59 Å². The van der Waals surface area contributed by atoms with Crippen LogP contribution in [0, 0.1) is 0 Å². The second-order valence-corrected chi connectivity index (χ2v) is 7.57. The number of rotatable bonds is 11. The van der Waals surface area contributed by atoms with E-state index in [0.717, 1.165) is 16.7 Å². The number of esters is 1. The molecule has 172 valence electrons. The predicted octanol–water partition coefficient (Wildman–Crippen LogP) is 4.28. The second-order valence-electron chi connectivity index (χ2n) is 7.57. The molecule has 0 radical (unpaired) electrons. The van der Waals surface area contributed by atoms with E-state index in [0.29, 0.717) is 24.3 Å². The van der Waals surface area contributed by atoms with Crippen LogP contribution >= 0.6 is 0 Å². The number of hydrogen-bond acceptors (Lipinski definition) is 5. The number of nitrogens with one attached hydrogen (secondary N) is 1. The monoisotopic (exact) mass is 447 g/mol. The summed E-state index contributed by atoms with van der Waals surface area (Å²) in [7, 11) is 3.14. The van der Waals surface area contributed by atoms with Crippen molar-refractivity contribution in [2.24, 2.45) is 0 Å². The summed E-state index contributed by atoms with van der Waals surface area (Å²) < 4.78 is 15.7. The lowest BCUT2D eigenvalue weighted by Gasteiger charge is -2.19. The Kier molecular flexibility index (Phi) is 8.88. The second kappa shape index (κ2) is 12.3. The van der Waals surface area contributed by atoms with Crippen LogP contribution < -0.4 is 14.8 Å². The van der Waals surface area contributed by atoms with E-state index >= 15 is 0 Å². The van der Waals surface area contributed by atoms with Crippen molar-refractivity contribution in [2.75, 3.05) is 20.8 Å². The van der Waals surface area contributed by atoms with Crippen LogP contribution in [-0.4, -0.2) is 32.7 Å². The molecule has 0 bridgehead atoms. The standard InChI is InChI=1S/C27H29NO5/c1-31-24-15-13-21(18-25(24)32-2)14-16-27(30)33-19-26(29)28-23(22-11-7-4-8-12-22)17-20-9-5-3-6-10-20/h3-13,15,18,23H,14,16-17,19H2,1-2H3,(H,28,29). The zero-order chi connectivity index (χ0) is 23.5. The van der Waals surface area contributed by atoms with Gasteiger partial charge in [0.2, 0.25) is 0 Å². The molecule has 0 aliphatic carbocycles. The minimum Gasteiger partial charge on any atom is -0.493 e. The maximum absolute atomic E-state index is 12.5. The first-order valence-corrected chi connectivity index (χ1v) is 10.8. The van der Waals surface area contributed by atoms with E-state index in [1.807, 2.05) is 72.8 Å². The Bertz CT molecular complexity index is 1040. The number of benzene rings is 3. The molecule has 0 aromatic heterocycles. The summed E-state index contributed by atoms with van der Waals surface area (Å²) in [6.07, 6.45) is 1.28. The number of methoxy groups -OCH3 is 2. The van der Waals surface area contributed by atoms with Crippen molar-refractivity contribution < 1.29 is 23.8 Å². The summed E-state index contributed by atoms with van der Waals surface area (Å²) in [5, 5.41) is 2.99. The van der Waals surface area contributed by atoms with E-state index in [1.54, 1.807) is 20.3 Å². The number of hydrogen-bond donors (Lipinski definition) is 1. The molecule has 3 rings (SSSR count). The van der Waals surface area contributed by atoms with Crippen LogP contribution in [-0.2, 0) is 27.2 Å². The largest absolute Gasteiger partial charge is 0.493 e. The lowest BCUT2D eigenvalue weighted by atomic mass is 9.99. The number of ether oxygens (including phenoxy) is 3. The summed E-state index contributed by atoms with van der Waals surface area (Å²) in [4.78, 5) is 24.7. The molecule has 0 saturated carbocycles. The predicted molar refractivity (Wildman–Crippen MR) is 126 cm³/mol. The fourth-order valence-electron chi connectivity index (χ4n) is 3.52. The molecule has 0 fully saturated rings. The Morgan fingerprint density at radius 1 is 0.818 bits per heavy atom. The van der Waals surface area contributed by atoms with Gasteiger partial charge in [-0.2, -0.15) is 0 Å². The third-order valence-electron chi connectivity index (χ3n) is 5.25. The van der Waals surface area contributed by atoms with Crippen molar-refractivity contribution >= 4 is 11.9 Å². The quantitative estimate of drug-likeness (QED) is 0.444. The van der Waals surface area contributed by atoms with Gasteiger partial charge in [-0.05, 0) is 41.7 Å². The van der Waals surface area contributed by atoms with Crippen LogP contribution in [0.3, 0.4) is 0 Å². The summed E-state index contributed by atoms with van der Waals surface area (Å²) >= 11 is 0. The Hall–Kier alpha value is -3.80. The third-order valence-corrected chi connectivity index (χ3v) is 5.25. The molecule has 3 aromatic carbocycles. The van der Waals surface area contributed by atoms with Gasteiger partial charge in [0.15, 0.2) is 18.1 Å². The number of aryl methyl sites for hydroxylation is 1. The summed E-state index contributed by atoms with van der Waals surface area (Å²) in [5.41, 5.74) is 3.02. The fraction of sp³-hybridized carbons (Fsp3) is 0.259. The molecule has 1 amide bonds. The molecule has 0 spiro atoms. The van der Waals surface area contributed by atoms with Gasteiger partial charge in [-0.25, -0.2) is 0 Å². The maximum atomic E-state index is 12.5. The Labute approximate surface area is 194 Å². The fourth-order valence-corrected chi connectivity index (χ4v) is 3.52. The van der Waals surface area contributed by atoms with Crippen LogP contribution in [0.1, 0.15) is 29.2 Å². The first-order chi connectivity index (χ1) is 16.1. The lowest BCUT2D eigenvalue weighted by molar-refractivity contribution is -0.148. The molecule has 0 aliphatic heterocycles. The van der Waals surface area contributed by atoms with E-state index < -0.39 is 5.97 Å². The van der Waals surface area contributed by atoms with E-state index in [9.17, 15) is 9.59 Å². The van der Waals surface area contributed by atoms with Gasteiger partial charge in [-0.15, -0.1) is 0 Å². The minimum absolute atomic E-state index is 0.162. The smallest absolute Gasteiger partial charge is 0.306 e.